The number of carboxylic acid groups (broad SMARTS) is 1. The zero-order valence-electron chi connectivity index (χ0n) is 20.5. The first-order valence-corrected chi connectivity index (χ1v) is 13.4. The molecule has 3 aromatic rings. The van der Waals surface area contributed by atoms with Crippen molar-refractivity contribution in [3.05, 3.63) is 87.0 Å². The Labute approximate surface area is 226 Å². The number of rotatable bonds is 14. The average molecular weight is 579 g/mol. The minimum Gasteiger partial charge on any atom is -0.497 e. The normalized spacial score (nSPS) is 11.1. The van der Waals surface area contributed by atoms with E-state index in [0.717, 1.165) is 22.5 Å². The number of ether oxygens (including phenoxy) is 2. The molecule has 0 spiro atoms. The van der Waals surface area contributed by atoms with Gasteiger partial charge in [-0.25, -0.2) is 8.87 Å². The highest BCUT2D eigenvalue weighted by Crippen LogP contribution is 2.51. The summed E-state index contributed by atoms with van der Waals surface area (Å²) in [5.74, 6) is -0.0976. The Kier molecular flexibility index (Phi) is 9.71. The molecule has 0 aliphatic carbocycles. The third-order valence-corrected chi connectivity index (χ3v) is 7.74. The van der Waals surface area contributed by atoms with Crippen molar-refractivity contribution >= 4 is 36.9 Å². The van der Waals surface area contributed by atoms with E-state index in [9.17, 15) is 34.7 Å². The van der Waals surface area contributed by atoms with Crippen LogP contribution in [-0.2, 0) is 9.36 Å². The van der Waals surface area contributed by atoms with Crippen LogP contribution in [0.15, 0.2) is 71.6 Å². The minimum absolute atomic E-state index is 0.118. The Morgan fingerprint density at radius 1 is 0.872 bits per heavy atom. The summed E-state index contributed by atoms with van der Waals surface area (Å²) < 4.78 is 36.7. The van der Waals surface area contributed by atoms with Gasteiger partial charge < -0.3 is 23.6 Å². The number of nitrogens with zero attached hydrogens (tertiary/aromatic N) is 3. The summed E-state index contributed by atoms with van der Waals surface area (Å²) in [6.45, 7) is -0.735. The largest absolute Gasteiger partial charge is 0.497 e. The van der Waals surface area contributed by atoms with Gasteiger partial charge in [-0.15, -0.1) is 0 Å². The van der Waals surface area contributed by atoms with Gasteiger partial charge >= 0.3 is 13.6 Å². The summed E-state index contributed by atoms with van der Waals surface area (Å²) >= 11 is 0.569. The lowest BCUT2D eigenvalue weighted by Crippen LogP contribution is -2.27. The van der Waals surface area contributed by atoms with Crippen molar-refractivity contribution in [3.8, 4) is 23.0 Å². The molecule has 0 bridgehead atoms. The number of hydrogen-bond acceptors (Lipinski definition) is 12. The van der Waals surface area contributed by atoms with Crippen LogP contribution in [0.1, 0.15) is 0 Å². The van der Waals surface area contributed by atoms with E-state index in [1.54, 1.807) is 24.3 Å². The lowest BCUT2D eigenvalue weighted by Gasteiger charge is -2.25. The van der Waals surface area contributed by atoms with E-state index in [4.69, 9.17) is 18.5 Å². The fourth-order valence-electron chi connectivity index (χ4n) is 3.10. The minimum atomic E-state index is -4.24. The first kappa shape index (κ1) is 29.2. The van der Waals surface area contributed by atoms with Crippen LogP contribution < -0.4 is 18.5 Å². The van der Waals surface area contributed by atoms with Gasteiger partial charge in [0.25, 0.3) is 11.4 Å². The van der Waals surface area contributed by atoms with Crippen LogP contribution in [0.5, 0.6) is 23.0 Å². The molecule has 0 saturated heterocycles. The van der Waals surface area contributed by atoms with Crippen LogP contribution in [0.25, 0.3) is 0 Å². The molecule has 0 aliphatic rings. The van der Waals surface area contributed by atoms with Gasteiger partial charge in [0, 0.05) is 6.07 Å². The van der Waals surface area contributed by atoms with Gasteiger partial charge in [0.05, 0.1) is 30.1 Å². The molecule has 0 amide bonds. The van der Waals surface area contributed by atoms with E-state index < -0.39 is 47.6 Å². The maximum atomic E-state index is 14.0. The molecule has 3 rings (SSSR count). The molecule has 0 atom stereocenters. The van der Waals surface area contributed by atoms with Gasteiger partial charge in [0.1, 0.15) is 40.7 Å². The Hall–Kier alpha value is -4.33. The molecular formula is C23H22N3O11PS. The molecule has 0 fully saturated rings. The Morgan fingerprint density at radius 3 is 1.77 bits per heavy atom. The Bertz CT molecular complexity index is 1330. The fraction of sp³-hybridized carbons (Fsp3) is 0.174. The van der Waals surface area contributed by atoms with Crippen molar-refractivity contribution in [1.82, 2.24) is 4.31 Å². The zero-order chi connectivity index (χ0) is 28.6. The van der Waals surface area contributed by atoms with Crippen molar-refractivity contribution in [3.63, 3.8) is 0 Å². The smallest absolute Gasteiger partial charge is 0.445 e. The summed E-state index contributed by atoms with van der Waals surface area (Å²) in [5.41, 5.74) is -1.15. The van der Waals surface area contributed by atoms with Crippen LogP contribution in [0.4, 0.5) is 11.4 Å². The number of hydrogen-bond donors (Lipinski definition) is 1. The van der Waals surface area contributed by atoms with Gasteiger partial charge in [-0.3, -0.25) is 25.0 Å². The highest BCUT2D eigenvalue weighted by atomic mass is 32.2. The molecule has 0 saturated carbocycles. The van der Waals surface area contributed by atoms with E-state index in [1.165, 1.54) is 38.5 Å². The van der Waals surface area contributed by atoms with E-state index in [1.807, 2.05) is 0 Å². The number of methoxy groups -OCH3 is 2. The number of carboxylic acids is 1. The van der Waals surface area contributed by atoms with Crippen molar-refractivity contribution in [2.45, 2.75) is 4.90 Å². The molecule has 0 aromatic heterocycles. The fourth-order valence-corrected chi connectivity index (χ4v) is 6.09. The monoisotopic (exact) mass is 579 g/mol. The number of aliphatic carboxylic acids is 1. The summed E-state index contributed by atoms with van der Waals surface area (Å²) in [4.78, 5) is 32.5. The maximum absolute atomic E-state index is 14.0. The molecule has 0 heterocycles. The van der Waals surface area contributed by atoms with Crippen molar-refractivity contribution in [2.75, 3.05) is 27.1 Å². The first-order chi connectivity index (χ1) is 18.5. The quantitative estimate of drug-likeness (QED) is 0.114. The second kappa shape index (κ2) is 13.0. The van der Waals surface area contributed by atoms with Crippen LogP contribution >= 0.6 is 19.5 Å². The van der Waals surface area contributed by atoms with Crippen molar-refractivity contribution < 1.29 is 42.8 Å². The highest BCUT2D eigenvalue weighted by molar-refractivity contribution is 7.97. The molecule has 0 radical (unpaired) electrons. The lowest BCUT2D eigenvalue weighted by atomic mass is 10.3. The summed E-state index contributed by atoms with van der Waals surface area (Å²) in [7, 11) is -1.31. The van der Waals surface area contributed by atoms with Crippen molar-refractivity contribution in [2.24, 2.45) is 0 Å². The number of nitro groups is 2. The van der Waals surface area contributed by atoms with Crippen LogP contribution in [-0.4, -0.2) is 52.3 Å². The molecular weight excluding hydrogens is 557 g/mol. The zero-order valence-corrected chi connectivity index (χ0v) is 22.2. The van der Waals surface area contributed by atoms with Gasteiger partial charge in [-0.05, 0) is 66.5 Å². The molecule has 0 aliphatic heterocycles. The molecule has 206 valence electrons. The topological polar surface area (TPSA) is 181 Å². The highest BCUT2D eigenvalue weighted by Gasteiger charge is 2.34. The van der Waals surface area contributed by atoms with E-state index in [-0.39, 0.29) is 16.4 Å². The lowest BCUT2D eigenvalue weighted by molar-refractivity contribution is -0.396. The third-order valence-electron chi connectivity index (χ3n) is 4.83. The molecule has 1 N–H and O–H groups in total. The molecule has 16 heteroatoms. The number of nitro benzene ring substituents is 2. The number of benzene rings is 3. The van der Waals surface area contributed by atoms with Crippen LogP contribution in [0.2, 0.25) is 0 Å². The van der Waals surface area contributed by atoms with Gasteiger partial charge in [-0.2, -0.15) is 0 Å². The molecule has 39 heavy (non-hydrogen) atoms. The predicted molar refractivity (Wildman–Crippen MR) is 140 cm³/mol. The first-order valence-electron chi connectivity index (χ1n) is 10.9. The summed E-state index contributed by atoms with van der Waals surface area (Å²) in [6.07, 6.45) is -0.643. The van der Waals surface area contributed by atoms with Gasteiger partial charge in [0.15, 0.2) is 0 Å². The average Bonchev–Trinajstić information content (AvgIpc) is 2.89. The predicted octanol–water partition coefficient (Wildman–Crippen LogP) is 5.22. The van der Waals surface area contributed by atoms with Crippen LogP contribution in [0.3, 0.4) is 0 Å². The third kappa shape index (κ3) is 8.33. The maximum Gasteiger partial charge on any atom is 0.445 e. The van der Waals surface area contributed by atoms with E-state index in [2.05, 4.69) is 0 Å². The van der Waals surface area contributed by atoms with E-state index in [0.29, 0.717) is 23.4 Å². The Balaban J connectivity index is 1.97. The SMILES string of the molecule is COc1ccc(OP(=O)(CN(CC(=O)O)Sc2ccc([N+](=O)[O-])cc2[N+](=O)[O-])Oc2ccc(OC)cc2)cc1. The number of carbonyl (C=O) groups is 1. The number of non-ortho nitro benzene ring substituents is 1. The second-order valence-corrected chi connectivity index (χ2v) is 10.6. The van der Waals surface area contributed by atoms with Crippen LogP contribution in [0, 0.1) is 20.2 Å². The summed E-state index contributed by atoms with van der Waals surface area (Å²) in [5, 5.41) is 32.1. The van der Waals surface area contributed by atoms with E-state index >= 15 is 0 Å². The molecule has 0 unspecified atom stereocenters. The standard InChI is InChI=1S/C23H22N3O11PS/c1-34-17-4-8-19(9-5-17)36-38(33,37-20-10-6-18(35-2)7-11-20)15-24(14-23(27)28)39-22-12-3-16(25(29)30)13-21(22)26(31)32/h3-13H,14-15H2,1-2H3,(H,27,28). The Morgan fingerprint density at radius 2 is 1.36 bits per heavy atom. The molecule has 14 nitrogen and oxygen atoms in total. The van der Waals surface area contributed by atoms with Gasteiger partial charge in [0.2, 0.25) is 0 Å². The van der Waals surface area contributed by atoms with Crippen molar-refractivity contribution in [1.29, 1.82) is 0 Å². The summed E-state index contributed by atoms with van der Waals surface area (Å²) in [6, 6.07) is 15.0. The molecule has 3 aromatic carbocycles. The second-order valence-electron chi connectivity index (χ2n) is 7.58. The van der Waals surface area contributed by atoms with Gasteiger partial charge in [-0.1, -0.05) is 0 Å².